The summed E-state index contributed by atoms with van der Waals surface area (Å²) < 4.78 is 5.24. The van der Waals surface area contributed by atoms with Gasteiger partial charge in [0.1, 0.15) is 18.2 Å². The number of hydrogen-bond donors (Lipinski definition) is 3. The summed E-state index contributed by atoms with van der Waals surface area (Å²) in [6.07, 6.45) is 0.256. The number of aliphatic carboxylic acids is 1. The zero-order valence-corrected chi connectivity index (χ0v) is 11.0. The SMILES string of the molecule is N[C@@H](Cc1ccccc1)C(=O)OC1CN[C@H](C(=O)O)C1. The lowest BCUT2D eigenvalue weighted by Crippen LogP contribution is -2.37. The van der Waals surface area contributed by atoms with E-state index in [4.69, 9.17) is 15.6 Å². The van der Waals surface area contributed by atoms with Crippen LogP contribution in [0.1, 0.15) is 12.0 Å². The molecule has 1 saturated heterocycles. The first-order valence-electron chi connectivity index (χ1n) is 6.52. The molecule has 20 heavy (non-hydrogen) atoms. The fourth-order valence-corrected chi connectivity index (χ4v) is 2.18. The van der Waals surface area contributed by atoms with Gasteiger partial charge in [-0.3, -0.25) is 9.59 Å². The highest BCUT2D eigenvalue weighted by Gasteiger charge is 2.32. The molecule has 3 atom stereocenters. The predicted octanol–water partition coefficient (Wildman–Crippen LogP) is -0.0853. The third-order valence-corrected chi connectivity index (χ3v) is 3.27. The van der Waals surface area contributed by atoms with Crippen LogP contribution in [-0.2, 0) is 20.7 Å². The number of hydrogen-bond acceptors (Lipinski definition) is 5. The van der Waals surface area contributed by atoms with Crippen LogP contribution in [0, 0.1) is 0 Å². The van der Waals surface area contributed by atoms with Gasteiger partial charge < -0.3 is 20.9 Å². The molecule has 1 aliphatic heterocycles. The van der Waals surface area contributed by atoms with Crippen LogP contribution < -0.4 is 11.1 Å². The van der Waals surface area contributed by atoms with Crippen LogP contribution >= 0.6 is 0 Å². The number of carbonyl (C=O) groups excluding carboxylic acids is 1. The molecule has 1 aliphatic rings. The van der Waals surface area contributed by atoms with Crippen molar-refractivity contribution in [1.82, 2.24) is 5.32 Å². The highest BCUT2D eigenvalue weighted by molar-refractivity contribution is 5.77. The number of nitrogens with two attached hydrogens (primary N) is 1. The van der Waals surface area contributed by atoms with Gasteiger partial charge in [-0.15, -0.1) is 0 Å². The normalized spacial score (nSPS) is 23.2. The Kier molecular flexibility index (Phi) is 4.70. The third kappa shape index (κ3) is 3.79. The number of rotatable bonds is 5. The molecule has 6 nitrogen and oxygen atoms in total. The van der Waals surface area contributed by atoms with Crippen LogP contribution in [0.15, 0.2) is 30.3 Å². The van der Waals surface area contributed by atoms with E-state index >= 15 is 0 Å². The molecule has 4 N–H and O–H groups in total. The zero-order valence-electron chi connectivity index (χ0n) is 11.0. The van der Waals surface area contributed by atoms with Gasteiger partial charge in [-0.25, -0.2) is 0 Å². The molecule has 2 rings (SSSR count). The molecule has 0 saturated carbocycles. The summed E-state index contributed by atoms with van der Waals surface area (Å²) in [4.78, 5) is 22.6. The van der Waals surface area contributed by atoms with Crippen molar-refractivity contribution in [1.29, 1.82) is 0 Å². The van der Waals surface area contributed by atoms with E-state index in [-0.39, 0.29) is 6.42 Å². The van der Waals surface area contributed by atoms with Gasteiger partial charge >= 0.3 is 11.9 Å². The van der Waals surface area contributed by atoms with E-state index in [0.717, 1.165) is 5.56 Å². The van der Waals surface area contributed by atoms with E-state index in [0.29, 0.717) is 13.0 Å². The Morgan fingerprint density at radius 3 is 2.70 bits per heavy atom. The Labute approximate surface area is 116 Å². The summed E-state index contributed by atoms with van der Waals surface area (Å²) in [5.74, 6) is -1.43. The second-order valence-corrected chi connectivity index (χ2v) is 4.89. The fourth-order valence-electron chi connectivity index (χ4n) is 2.18. The molecule has 1 aromatic rings. The van der Waals surface area contributed by atoms with Gasteiger partial charge in [0.25, 0.3) is 0 Å². The van der Waals surface area contributed by atoms with E-state index in [1.807, 2.05) is 30.3 Å². The average Bonchev–Trinajstić information content (AvgIpc) is 2.88. The minimum atomic E-state index is -0.933. The molecule has 0 amide bonds. The van der Waals surface area contributed by atoms with Crippen molar-refractivity contribution in [2.45, 2.75) is 31.0 Å². The summed E-state index contributed by atoms with van der Waals surface area (Å²) in [6.45, 7) is 0.348. The molecule has 6 heteroatoms. The van der Waals surface area contributed by atoms with Crippen molar-refractivity contribution >= 4 is 11.9 Å². The van der Waals surface area contributed by atoms with Gasteiger partial charge in [0.05, 0.1) is 0 Å². The van der Waals surface area contributed by atoms with Gasteiger partial charge in [0.15, 0.2) is 0 Å². The summed E-state index contributed by atoms with van der Waals surface area (Å²) in [7, 11) is 0. The van der Waals surface area contributed by atoms with Crippen LogP contribution in [0.5, 0.6) is 0 Å². The Morgan fingerprint density at radius 1 is 1.40 bits per heavy atom. The second kappa shape index (κ2) is 6.49. The minimum absolute atomic E-state index is 0.277. The van der Waals surface area contributed by atoms with Crippen molar-refractivity contribution in [3.05, 3.63) is 35.9 Å². The van der Waals surface area contributed by atoms with Crippen molar-refractivity contribution in [3.8, 4) is 0 Å². The van der Waals surface area contributed by atoms with Crippen molar-refractivity contribution in [2.24, 2.45) is 5.73 Å². The maximum Gasteiger partial charge on any atom is 0.323 e. The topological polar surface area (TPSA) is 102 Å². The first-order valence-corrected chi connectivity index (χ1v) is 6.52. The van der Waals surface area contributed by atoms with E-state index < -0.39 is 30.1 Å². The molecule has 108 valence electrons. The smallest absolute Gasteiger partial charge is 0.323 e. The molecule has 1 fully saturated rings. The molecule has 1 unspecified atom stereocenters. The largest absolute Gasteiger partial charge is 0.480 e. The first-order chi connectivity index (χ1) is 9.56. The quantitative estimate of drug-likeness (QED) is 0.651. The van der Waals surface area contributed by atoms with Crippen molar-refractivity contribution < 1.29 is 19.4 Å². The molecule has 0 aliphatic carbocycles. The van der Waals surface area contributed by atoms with Crippen molar-refractivity contribution in [3.63, 3.8) is 0 Å². The molecule has 0 spiro atoms. The van der Waals surface area contributed by atoms with Crippen LogP contribution in [0.3, 0.4) is 0 Å². The number of nitrogens with one attached hydrogen (secondary N) is 1. The van der Waals surface area contributed by atoms with Gasteiger partial charge in [-0.2, -0.15) is 0 Å². The van der Waals surface area contributed by atoms with Crippen LogP contribution in [-0.4, -0.2) is 41.8 Å². The summed E-state index contributed by atoms with van der Waals surface area (Å²) in [5, 5.41) is 11.6. The van der Waals surface area contributed by atoms with E-state index in [1.165, 1.54) is 0 Å². The molecule has 1 heterocycles. The summed E-state index contributed by atoms with van der Waals surface area (Å²) in [5.41, 5.74) is 6.77. The fraction of sp³-hybridized carbons (Fsp3) is 0.429. The highest BCUT2D eigenvalue weighted by atomic mass is 16.5. The lowest BCUT2D eigenvalue weighted by atomic mass is 10.1. The first kappa shape index (κ1) is 14.5. The van der Waals surface area contributed by atoms with Gasteiger partial charge in [-0.1, -0.05) is 30.3 Å². The Balaban J connectivity index is 1.81. The van der Waals surface area contributed by atoms with Crippen LogP contribution in [0.4, 0.5) is 0 Å². The lowest BCUT2D eigenvalue weighted by Gasteiger charge is -2.15. The third-order valence-electron chi connectivity index (χ3n) is 3.27. The van der Waals surface area contributed by atoms with Crippen LogP contribution in [0.25, 0.3) is 0 Å². The number of esters is 1. The molecule has 0 radical (unpaired) electrons. The standard InChI is InChI=1S/C14H18N2O4/c15-11(6-9-4-2-1-3-5-9)14(19)20-10-7-12(13(17)18)16-8-10/h1-5,10-12,16H,6-8,15H2,(H,17,18)/t10?,11-,12-/m0/s1. The van der Waals surface area contributed by atoms with E-state index in [1.54, 1.807) is 0 Å². The molecule has 0 aromatic heterocycles. The van der Waals surface area contributed by atoms with E-state index in [9.17, 15) is 9.59 Å². The molecule has 0 bridgehead atoms. The van der Waals surface area contributed by atoms with E-state index in [2.05, 4.69) is 5.32 Å². The highest BCUT2D eigenvalue weighted by Crippen LogP contribution is 2.12. The Bertz CT molecular complexity index is 477. The Morgan fingerprint density at radius 2 is 2.10 bits per heavy atom. The molecular weight excluding hydrogens is 260 g/mol. The average molecular weight is 278 g/mol. The van der Waals surface area contributed by atoms with Crippen molar-refractivity contribution in [2.75, 3.05) is 6.54 Å². The number of carboxylic acid groups (broad SMARTS) is 1. The Hall–Kier alpha value is -1.92. The second-order valence-electron chi connectivity index (χ2n) is 4.89. The zero-order chi connectivity index (χ0) is 14.5. The number of benzene rings is 1. The maximum absolute atomic E-state index is 11.9. The maximum atomic E-state index is 11.9. The number of carbonyl (C=O) groups is 2. The summed E-state index contributed by atoms with van der Waals surface area (Å²) >= 11 is 0. The van der Waals surface area contributed by atoms with Crippen LogP contribution in [0.2, 0.25) is 0 Å². The summed E-state index contributed by atoms with van der Waals surface area (Å²) in [6, 6.07) is 8.05. The molecular formula is C14H18N2O4. The number of ether oxygens (including phenoxy) is 1. The van der Waals surface area contributed by atoms with Gasteiger partial charge in [0, 0.05) is 13.0 Å². The minimum Gasteiger partial charge on any atom is -0.480 e. The lowest BCUT2D eigenvalue weighted by molar-refractivity contribution is -0.150. The van der Waals surface area contributed by atoms with Gasteiger partial charge in [0.2, 0.25) is 0 Å². The predicted molar refractivity (Wildman–Crippen MR) is 72.0 cm³/mol. The monoisotopic (exact) mass is 278 g/mol. The number of carboxylic acids is 1. The molecule has 1 aromatic carbocycles. The van der Waals surface area contributed by atoms with Gasteiger partial charge in [-0.05, 0) is 12.0 Å².